The summed E-state index contributed by atoms with van der Waals surface area (Å²) in [4.78, 5) is 24.2. The van der Waals surface area contributed by atoms with E-state index in [1.54, 1.807) is 24.5 Å². The van der Waals surface area contributed by atoms with Gasteiger partial charge < -0.3 is 0 Å². The first-order chi connectivity index (χ1) is 10.3. The lowest BCUT2D eigenvalue weighted by Gasteiger charge is -1.99. The monoisotopic (exact) mass is 277 g/mol. The van der Waals surface area contributed by atoms with E-state index >= 15 is 0 Å². The number of nitrogens with zero attached hydrogens (tertiary/aromatic N) is 4. The highest BCUT2D eigenvalue weighted by Crippen LogP contribution is 2.07. The van der Waals surface area contributed by atoms with E-state index in [4.69, 9.17) is 0 Å². The van der Waals surface area contributed by atoms with Gasteiger partial charge >= 0.3 is 0 Å². The van der Waals surface area contributed by atoms with Crippen LogP contribution in [0, 0.1) is 0 Å². The van der Waals surface area contributed by atoms with Gasteiger partial charge in [-0.3, -0.25) is 14.8 Å². The molecule has 1 amide bonds. The predicted molar refractivity (Wildman–Crippen MR) is 78.8 cm³/mol. The third kappa shape index (κ3) is 3.06. The smallest absolute Gasteiger partial charge is 0.267 e. The zero-order valence-corrected chi connectivity index (χ0v) is 11.0. The number of amides is 1. The Balaban J connectivity index is 1.71. The van der Waals surface area contributed by atoms with E-state index in [0.29, 0.717) is 11.3 Å². The second kappa shape index (κ2) is 5.87. The molecule has 0 aliphatic carbocycles. The summed E-state index contributed by atoms with van der Waals surface area (Å²) < 4.78 is 0. The third-order valence-electron chi connectivity index (χ3n) is 2.75. The third-order valence-corrected chi connectivity index (χ3v) is 2.75. The van der Waals surface area contributed by atoms with E-state index in [2.05, 4.69) is 25.5 Å². The number of pyridine rings is 1. The topological polar surface area (TPSA) is 80.1 Å². The minimum Gasteiger partial charge on any atom is -0.267 e. The summed E-state index contributed by atoms with van der Waals surface area (Å²) in [5.41, 5.74) is 5.02. The summed E-state index contributed by atoms with van der Waals surface area (Å²) in [5.74, 6) is -0.326. The van der Waals surface area contributed by atoms with Crippen LogP contribution in [0.25, 0.3) is 11.0 Å². The molecule has 0 saturated carbocycles. The Morgan fingerprint density at radius 2 is 1.95 bits per heavy atom. The lowest BCUT2D eigenvalue weighted by atomic mass is 10.3. The number of aromatic nitrogens is 3. The Bertz CT molecular complexity index is 801. The van der Waals surface area contributed by atoms with Gasteiger partial charge in [-0.05, 0) is 24.3 Å². The normalized spacial score (nSPS) is 10.9. The zero-order chi connectivity index (χ0) is 14.5. The number of rotatable bonds is 3. The average Bonchev–Trinajstić information content (AvgIpc) is 2.55. The van der Waals surface area contributed by atoms with Gasteiger partial charge in [0.2, 0.25) is 0 Å². The molecule has 3 aromatic rings. The van der Waals surface area contributed by atoms with Gasteiger partial charge in [-0.2, -0.15) is 5.10 Å². The van der Waals surface area contributed by atoms with Crippen LogP contribution < -0.4 is 5.43 Å². The standard InChI is InChI=1S/C15H11N5O/c21-15(11-4-3-7-16-8-11)20-18-10-12-9-17-13-5-1-2-6-14(13)19-12/h1-10H,(H,20,21)/b18-10-. The van der Waals surface area contributed by atoms with Crippen molar-refractivity contribution in [3.63, 3.8) is 0 Å². The summed E-state index contributed by atoms with van der Waals surface area (Å²) in [7, 11) is 0. The summed E-state index contributed by atoms with van der Waals surface area (Å²) >= 11 is 0. The molecule has 2 aromatic heterocycles. The van der Waals surface area contributed by atoms with Gasteiger partial charge in [0.1, 0.15) is 5.69 Å². The Labute approximate surface area is 120 Å². The van der Waals surface area contributed by atoms with Gasteiger partial charge in [0, 0.05) is 12.4 Å². The molecule has 3 rings (SSSR count). The van der Waals surface area contributed by atoms with Crippen LogP contribution in [-0.4, -0.2) is 27.1 Å². The van der Waals surface area contributed by atoms with Gasteiger partial charge in [-0.15, -0.1) is 0 Å². The minimum absolute atomic E-state index is 0.326. The maximum absolute atomic E-state index is 11.7. The van der Waals surface area contributed by atoms with Gasteiger partial charge in [0.25, 0.3) is 5.91 Å². The number of fused-ring (bicyclic) bond motifs is 1. The minimum atomic E-state index is -0.326. The van der Waals surface area contributed by atoms with Crippen molar-refractivity contribution in [3.05, 3.63) is 66.2 Å². The molecule has 6 heteroatoms. The molecule has 0 unspecified atom stereocenters. The van der Waals surface area contributed by atoms with Crippen LogP contribution in [0.15, 0.2) is 60.1 Å². The van der Waals surface area contributed by atoms with E-state index in [0.717, 1.165) is 11.0 Å². The first-order valence-electron chi connectivity index (χ1n) is 6.28. The number of para-hydroxylation sites is 2. The fourth-order valence-electron chi connectivity index (χ4n) is 1.75. The molecule has 0 aliphatic rings. The van der Waals surface area contributed by atoms with Crippen molar-refractivity contribution in [3.8, 4) is 0 Å². The average molecular weight is 277 g/mol. The first-order valence-corrected chi connectivity index (χ1v) is 6.28. The maximum atomic E-state index is 11.7. The van der Waals surface area contributed by atoms with Crippen molar-refractivity contribution < 1.29 is 4.79 Å². The number of carbonyl (C=O) groups excluding carboxylic acids is 1. The molecule has 0 aliphatic heterocycles. The molecule has 0 radical (unpaired) electrons. The van der Waals surface area contributed by atoms with Crippen LogP contribution in [0.4, 0.5) is 0 Å². The molecule has 0 fully saturated rings. The van der Waals surface area contributed by atoms with Crippen LogP contribution in [0.2, 0.25) is 0 Å². The molecule has 0 spiro atoms. The number of hydrogen-bond acceptors (Lipinski definition) is 5. The van der Waals surface area contributed by atoms with E-state index in [-0.39, 0.29) is 5.91 Å². The van der Waals surface area contributed by atoms with Crippen LogP contribution in [0.1, 0.15) is 16.1 Å². The molecular weight excluding hydrogens is 266 g/mol. The zero-order valence-electron chi connectivity index (χ0n) is 11.0. The van der Waals surface area contributed by atoms with Gasteiger partial charge in [0.05, 0.1) is 29.0 Å². The summed E-state index contributed by atoms with van der Waals surface area (Å²) in [6.07, 6.45) is 6.13. The number of carbonyl (C=O) groups is 1. The van der Waals surface area contributed by atoms with Crippen LogP contribution in [0.5, 0.6) is 0 Å². The highest BCUT2D eigenvalue weighted by molar-refractivity contribution is 5.94. The molecule has 6 nitrogen and oxygen atoms in total. The number of hydrazone groups is 1. The molecule has 102 valence electrons. The maximum Gasteiger partial charge on any atom is 0.272 e. The summed E-state index contributed by atoms with van der Waals surface area (Å²) in [6.45, 7) is 0. The summed E-state index contributed by atoms with van der Waals surface area (Å²) in [5, 5.41) is 3.87. The number of nitrogens with one attached hydrogen (secondary N) is 1. The van der Waals surface area contributed by atoms with Crippen molar-refractivity contribution in [2.24, 2.45) is 5.10 Å². The van der Waals surface area contributed by atoms with E-state index in [1.807, 2.05) is 24.3 Å². The Morgan fingerprint density at radius 3 is 2.76 bits per heavy atom. The fraction of sp³-hybridized carbons (Fsp3) is 0. The van der Waals surface area contributed by atoms with Crippen LogP contribution in [0.3, 0.4) is 0 Å². The first kappa shape index (κ1) is 12.9. The van der Waals surface area contributed by atoms with Crippen LogP contribution in [-0.2, 0) is 0 Å². The number of hydrogen-bond donors (Lipinski definition) is 1. The molecule has 2 heterocycles. The molecular formula is C15H11N5O. The van der Waals surface area contributed by atoms with E-state index in [9.17, 15) is 4.79 Å². The molecule has 21 heavy (non-hydrogen) atoms. The Hall–Kier alpha value is -3.15. The summed E-state index contributed by atoms with van der Waals surface area (Å²) in [6, 6.07) is 10.9. The largest absolute Gasteiger partial charge is 0.272 e. The van der Waals surface area contributed by atoms with Crippen LogP contribution >= 0.6 is 0 Å². The van der Waals surface area contributed by atoms with Gasteiger partial charge in [-0.25, -0.2) is 10.4 Å². The van der Waals surface area contributed by atoms with Crippen molar-refractivity contribution in [1.29, 1.82) is 0 Å². The van der Waals surface area contributed by atoms with Crippen molar-refractivity contribution in [1.82, 2.24) is 20.4 Å². The SMILES string of the molecule is O=C(N/N=C\c1cnc2ccccc2n1)c1cccnc1. The van der Waals surface area contributed by atoms with Crippen molar-refractivity contribution in [2.45, 2.75) is 0 Å². The Kier molecular flexibility index (Phi) is 3.60. The van der Waals surface area contributed by atoms with Gasteiger partial charge in [0.15, 0.2) is 0 Å². The molecule has 0 atom stereocenters. The van der Waals surface area contributed by atoms with Gasteiger partial charge in [-0.1, -0.05) is 12.1 Å². The highest BCUT2D eigenvalue weighted by atomic mass is 16.2. The molecule has 0 bridgehead atoms. The molecule has 1 N–H and O–H groups in total. The van der Waals surface area contributed by atoms with Crippen molar-refractivity contribution >= 4 is 23.2 Å². The predicted octanol–water partition coefficient (Wildman–Crippen LogP) is 1.79. The van der Waals surface area contributed by atoms with E-state index < -0.39 is 0 Å². The lowest BCUT2D eigenvalue weighted by Crippen LogP contribution is -2.17. The quantitative estimate of drug-likeness (QED) is 0.584. The fourth-order valence-corrected chi connectivity index (χ4v) is 1.75. The second-order valence-corrected chi connectivity index (χ2v) is 4.22. The number of benzene rings is 1. The van der Waals surface area contributed by atoms with E-state index in [1.165, 1.54) is 12.4 Å². The lowest BCUT2D eigenvalue weighted by molar-refractivity contribution is 0.0955. The molecule has 1 aromatic carbocycles. The second-order valence-electron chi connectivity index (χ2n) is 4.22. The highest BCUT2D eigenvalue weighted by Gasteiger charge is 2.02. The van der Waals surface area contributed by atoms with Crippen molar-refractivity contribution in [2.75, 3.05) is 0 Å². The Morgan fingerprint density at radius 1 is 1.10 bits per heavy atom. The molecule has 0 saturated heterocycles.